The van der Waals surface area contributed by atoms with Gasteiger partial charge < -0.3 is 9.80 Å². The first-order valence-electron chi connectivity index (χ1n) is 21.8. The molecule has 0 N–H and O–H groups in total. The van der Waals surface area contributed by atoms with Crippen molar-refractivity contribution in [1.82, 2.24) is 0 Å². The van der Waals surface area contributed by atoms with Gasteiger partial charge in [-0.05, 0) is 129 Å². The molecule has 0 aromatic heterocycles. The highest BCUT2D eigenvalue weighted by Crippen LogP contribution is 2.52. The summed E-state index contributed by atoms with van der Waals surface area (Å²) in [5.74, 6) is 0. The number of hydrogen-bond acceptors (Lipinski definition) is 3. The second kappa shape index (κ2) is 15.9. The molecule has 64 heavy (non-hydrogen) atoms. The Bertz CT molecular complexity index is 3220. The summed E-state index contributed by atoms with van der Waals surface area (Å²) in [5, 5.41) is 17.0. The highest BCUT2D eigenvalue weighted by Gasteiger charge is 2.27. The quantitative estimate of drug-likeness (QED) is 0.113. The maximum Gasteiger partial charge on any atom is 0.187 e. The number of benzene rings is 10. The molecular formula is C60H46N4. The predicted octanol–water partition coefficient (Wildman–Crippen LogP) is 17.2. The van der Waals surface area contributed by atoms with Crippen LogP contribution < -0.4 is 9.80 Å². The maximum atomic E-state index is 9.95. The van der Waals surface area contributed by atoms with E-state index in [9.17, 15) is 5.26 Å². The van der Waals surface area contributed by atoms with E-state index < -0.39 is 0 Å². The minimum atomic E-state index is -0.0376. The molecule has 306 valence electrons. The molecular weight excluding hydrogens is 777 g/mol. The van der Waals surface area contributed by atoms with Crippen molar-refractivity contribution < 1.29 is 0 Å². The summed E-state index contributed by atoms with van der Waals surface area (Å²) in [7, 11) is 0. The zero-order chi connectivity index (χ0) is 44.1. The summed E-state index contributed by atoms with van der Waals surface area (Å²) in [4.78, 5) is 8.54. The van der Waals surface area contributed by atoms with Crippen LogP contribution in [0.1, 0.15) is 43.0 Å². The molecule has 10 aromatic carbocycles. The van der Waals surface area contributed by atoms with E-state index in [1.54, 1.807) is 0 Å². The van der Waals surface area contributed by atoms with E-state index in [4.69, 9.17) is 6.57 Å². The maximum absolute atomic E-state index is 9.95. The molecule has 4 heteroatoms. The number of rotatable bonds is 8. The molecule has 0 fully saturated rings. The second-order valence-electron chi connectivity index (χ2n) is 17.8. The highest BCUT2D eigenvalue weighted by molar-refractivity contribution is 6.29. The first-order chi connectivity index (χ1) is 31.1. The fourth-order valence-corrected chi connectivity index (χ4v) is 9.18. The van der Waals surface area contributed by atoms with Gasteiger partial charge >= 0.3 is 0 Å². The molecule has 4 nitrogen and oxygen atoms in total. The number of anilines is 6. The lowest BCUT2D eigenvalue weighted by molar-refractivity contribution is 0.591. The zero-order valence-electron chi connectivity index (χ0n) is 36.7. The van der Waals surface area contributed by atoms with Gasteiger partial charge in [-0.1, -0.05) is 154 Å². The van der Waals surface area contributed by atoms with Crippen molar-refractivity contribution in [2.75, 3.05) is 9.80 Å². The Labute approximate surface area is 375 Å². The van der Waals surface area contributed by atoms with Gasteiger partial charge in [-0.2, -0.15) is 5.26 Å². The van der Waals surface area contributed by atoms with Crippen molar-refractivity contribution in [1.29, 1.82) is 5.26 Å². The van der Waals surface area contributed by atoms with Crippen LogP contribution in [0, 0.1) is 31.8 Å². The van der Waals surface area contributed by atoms with Crippen molar-refractivity contribution in [2.45, 2.75) is 40.0 Å². The number of hydrogen-bond donors (Lipinski definition) is 0. The molecule has 10 aromatic rings. The Morgan fingerprint density at radius 3 is 1.38 bits per heavy atom. The Balaban J connectivity index is 1.35. The largest absolute Gasteiger partial charge is 0.310 e. The number of aryl methyl sites for hydroxylation is 2. The summed E-state index contributed by atoms with van der Waals surface area (Å²) in [6.45, 7) is 19.0. The van der Waals surface area contributed by atoms with Gasteiger partial charge in [-0.25, -0.2) is 4.85 Å². The Hall–Kier alpha value is -8.18. The van der Waals surface area contributed by atoms with Gasteiger partial charge in [0.15, 0.2) is 5.69 Å². The third-order valence-electron chi connectivity index (χ3n) is 12.6. The van der Waals surface area contributed by atoms with Crippen LogP contribution in [0.4, 0.5) is 39.8 Å². The van der Waals surface area contributed by atoms with Crippen LogP contribution in [0.2, 0.25) is 0 Å². The Morgan fingerprint density at radius 2 is 0.938 bits per heavy atom. The average Bonchev–Trinajstić information content (AvgIpc) is 3.33. The summed E-state index contributed by atoms with van der Waals surface area (Å²) in [5.41, 5.74) is 15.2. The minimum Gasteiger partial charge on any atom is -0.310 e. The molecule has 0 unspecified atom stereocenters. The smallest absolute Gasteiger partial charge is 0.187 e. The van der Waals surface area contributed by atoms with E-state index in [2.05, 4.69) is 219 Å². The van der Waals surface area contributed by atoms with Crippen LogP contribution in [0.25, 0.3) is 59.4 Å². The zero-order valence-corrected chi connectivity index (χ0v) is 36.7. The third-order valence-corrected chi connectivity index (χ3v) is 12.6. The van der Waals surface area contributed by atoms with Crippen LogP contribution in [0.3, 0.4) is 0 Å². The van der Waals surface area contributed by atoms with Crippen LogP contribution in [-0.2, 0) is 5.41 Å². The first-order valence-corrected chi connectivity index (χ1v) is 21.8. The molecule has 0 amide bonds. The monoisotopic (exact) mass is 822 g/mol. The molecule has 0 aliphatic carbocycles. The van der Waals surface area contributed by atoms with E-state index in [0.29, 0.717) is 11.3 Å². The van der Waals surface area contributed by atoms with Crippen molar-refractivity contribution in [3.8, 4) is 28.3 Å². The van der Waals surface area contributed by atoms with Crippen molar-refractivity contribution in [3.63, 3.8) is 0 Å². The van der Waals surface area contributed by atoms with Crippen LogP contribution in [0.5, 0.6) is 0 Å². The number of nitrogens with zero attached hydrogens (tertiary/aromatic N) is 4. The predicted molar refractivity (Wildman–Crippen MR) is 270 cm³/mol. The van der Waals surface area contributed by atoms with E-state index in [1.165, 1.54) is 27.1 Å². The average molecular weight is 823 g/mol. The minimum absolute atomic E-state index is 0.0376. The van der Waals surface area contributed by atoms with Gasteiger partial charge in [0, 0.05) is 38.9 Å². The van der Waals surface area contributed by atoms with Crippen molar-refractivity contribution >= 4 is 72.1 Å². The Kier molecular flexibility index (Phi) is 9.94. The molecule has 0 saturated heterocycles. The number of nitriles is 1. The molecule has 0 spiro atoms. The summed E-state index contributed by atoms with van der Waals surface area (Å²) < 4.78 is 0. The topological polar surface area (TPSA) is 34.6 Å². The lowest BCUT2D eigenvalue weighted by Crippen LogP contribution is -2.16. The SMILES string of the molecule is [C-]#[N+]c1ccc(N(c2cc(-c3ccccc3)ccc2C)c2cc(N(c3ccc(C#N)cc3)c3cc(-c4ccccc4)ccc3C)c3ccc4cc(C(C)(C)C)cc5ccc2c3c45)cc1. The fraction of sp³-hybridized carbons (Fsp3) is 0.100. The molecule has 0 radical (unpaired) electrons. The third kappa shape index (κ3) is 7.06. The molecule has 0 bridgehead atoms. The van der Waals surface area contributed by atoms with Crippen LogP contribution in [-0.4, -0.2) is 0 Å². The van der Waals surface area contributed by atoms with Crippen molar-refractivity contribution in [2.24, 2.45) is 0 Å². The lowest BCUT2D eigenvalue weighted by Gasteiger charge is -2.34. The highest BCUT2D eigenvalue weighted by atomic mass is 15.2. The molecule has 0 aliphatic rings. The van der Waals surface area contributed by atoms with Crippen molar-refractivity contribution in [3.05, 3.63) is 222 Å². The standard InChI is InChI=1S/C60H46N4/c1-39-17-21-44(42-13-9-7-10-14-42)35-54(39)63(50-27-19-41(38-61)20-28-50)56-37-57(53-32-24-47-34-48(60(3,4)5)33-46-23-31-52(56)59(53)58(46)47)64(51-29-25-49(62-6)26-30-51)55-36-45(22-18-40(55)2)43-15-11-8-12-16-43/h7-37H,1-5H3. The second-order valence-corrected chi connectivity index (χ2v) is 17.8. The van der Waals surface area contributed by atoms with Crippen LogP contribution >= 0.6 is 0 Å². The van der Waals surface area contributed by atoms with Gasteiger partial charge in [-0.3, -0.25) is 0 Å². The molecule has 0 aliphatic heterocycles. The molecule has 10 rings (SSSR count). The Morgan fingerprint density at radius 1 is 0.469 bits per heavy atom. The van der Waals surface area contributed by atoms with Gasteiger partial charge in [0.1, 0.15) is 0 Å². The summed E-state index contributed by atoms with van der Waals surface area (Å²) in [6, 6.07) is 69.0. The van der Waals surface area contributed by atoms with Gasteiger partial charge in [0.25, 0.3) is 0 Å². The lowest BCUT2D eigenvalue weighted by atomic mass is 9.83. The van der Waals surface area contributed by atoms with Gasteiger partial charge in [-0.15, -0.1) is 0 Å². The summed E-state index contributed by atoms with van der Waals surface area (Å²) in [6.07, 6.45) is 0. The molecule has 0 atom stereocenters. The molecule has 0 heterocycles. The van der Waals surface area contributed by atoms with E-state index in [0.717, 1.165) is 78.3 Å². The van der Waals surface area contributed by atoms with Gasteiger partial charge in [0.05, 0.1) is 29.6 Å². The normalized spacial score (nSPS) is 11.5. The fourth-order valence-electron chi connectivity index (χ4n) is 9.18. The van der Waals surface area contributed by atoms with Gasteiger partial charge in [0.2, 0.25) is 0 Å². The molecule has 0 saturated carbocycles. The van der Waals surface area contributed by atoms with E-state index in [1.807, 2.05) is 24.3 Å². The first kappa shape index (κ1) is 39.9. The van der Waals surface area contributed by atoms with E-state index >= 15 is 0 Å². The summed E-state index contributed by atoms with van der Waals surface area (Å²) >= 11 is 0. The van der Waals surface area contributed by atoms with Crippen LogP contribution in [0.15, 0.2) is 188 Å². The van der Waals surface area contributed by atoms with E-state index in [-0.39, 0.29) is 5.41 Å².